The lowest BCUT2D eigenvalue weighted by Crippen LogP contribution is -2.45. The number of piperazine rings is 1. The van der Waals surface area contributed by atoms with Crippen LogP contribution < -0.4 is 0 Å². The Balaban J connectivity index is 2.00. The maximum absolute atomic E-state index is 10.9. The molecule has 1 aromatic carbocycles. The summed E-state index contributed by atoms with van der Waals surface area (Å²) < 4.78 is 0. The van der Waals surface area contributed by atoms with Crippen LogP contribution in [-0.2, 0) is 6.54 Å². The van der Waals surface area contributed by atoms with Gasteiger partial charge in [-0.3, -0.25) is 15.0 Å². The third-order valence-corrected chi connectivity index (χ3v) is 3.49. The van der Waals surface area contributed by atoms with E-state index < -0.39 is 0 Å². The Hall–Kier alpha value is -1.46. The molecule has 0 unspecified atom stereocenters. The van der Waals surface area contributed by atoms with Crippen molar-refractivity contribution in [1.29, 1.82) is 0 Å². The van der Waals surface area contributed by atoms with Crippen molar-refractivity contribution in [3.63, 3.8) is 0 Å². The number of nitrogens with zero attached hydrogens (tertiary/aromatic N) is 3. The molecule has 1 aromatic rings. The van der Waals surface area contributed by atoms with Crippen LogP contribution in [0.15, 0.2) is 24.3 Å². The fourth-order valence-electron chi connectivity index (χ4n) is 2.33. The highest BCUT2D eigenvalue weighted by atomic mass is 16.6. The van der Waals surface area contributed by atoms with Gasteiger partial charge in [0.2, 0.25) is 0 Å². The molecule has 18 heavy (non-hydrogen) atoms. The van der Waals surface area contributed by atoms with Crippen LogP contribution in [0.3, 0.4) is 0 Å². The zero-order chi connectivity index (χ0) is 13.0. The molecule has 5 nitrogen and oxygen atoms in total. The molecule has 0 aliphatic carbocycles. The lowest BCUT2D eigenvalue weighted by atomic mass is 10.1. The first-order valence-corrected chi connectivity index (χ1v) is 6.37. The van der Waals surface area contributed by atoms with Gasteiger partial charge in [-0.05, 0) is 6.54 Å². The highest BCUT2D eigenvalue weighted by Crippen LogP contribution is 2.20. The van der Waals surface area contributed by atoms with Crippen molar-refractivity contribution >= 4 is 5.69 Å². The summed E-state index contributed by atoms with van der Waals surface area (Å²) >= 11 is 0. The van der Waals surface area contributed by atoms with E-state index in [0.29, 0.717) is 6.54 Å². The summed E-state index contributed by atoms with van der Waals surface area (Å²) in [5, 5.41) is 10.9. The van der Waals surface area contributed by atoms with Crippen LogP contribution in [0.4, 0.5) is 5.69 Å². The highest BCUT2D eigenvalue weighted by Gasteiger charge is 2.19. The van der Waals surface area contributed by atoms with E-state index in [2.05, 4.69) is 16.7 Å². The van der Waals surface area contributed by atoms with E-state index >= 15 is 0 Å². The third-order valence-electron chi connectivity index (χ3n) is 3.49. The van der Waals surface area contributed by atoms with Crippen molar-refractivity contribution < 1.29 is 4.92 Å². The number of likely N-dealkylation sites (N-methyl/N-ethyl adjacent to an activating group) is 1. The molecule has 98 valence electrons. The fourth-order valence-corrected chi connectivity index (χ4v) is 2.33. The Bertz CT molecular complexity index is 414. The molecule has 5 heteroatoms. The second-order valence-electron chi connectivity index (χ2n) is 4.60. The van der Waals surface area contributed by atoms with E-state index in [0.717, 1.165) is 38.3 Å². The van der Waals surface area contributed by atoms with Crippen molar-refractivity contribution in [2.24, 2.45) is 0 Å². The van der Waals surface area contributed by atoms with Gasteiger partial charge in [0, 0.05) is 44.4 Å². The summed E-state index contributed by atoms with van der Waals surface area (Å²) in [6.07, 6.45) is 0. The third kappa shape index (κ3) is 3.05. The molecule has 0 radical (unpaired) electrons. The highest BCUT2D eigenvalue weighted by molar-refractivity contribution is 5.39. The van der Waals surface area contributed by atoms with Crippen molar-refractivity contribution in [2.45, 2.75) is 13.5 Å². The van der Waals surface area contributed by atoms with Crippen molar-refractivity contribution in [1.82, 2.24) is 9.80 Å². The lowest BCUT2D eigenvalue weighted by molar-refractivity contribution is -0.385. The maximum Gasteiger partial charge on any atom is 0.273 e. The molecule has 1 aliphatic heterocycles. The number of hydrogen-bond acceptors (Lipinski definition) is 4. The molecule has 0 aromatic heterocycles. The van der Waals surface area contributed by atoms with Crippen LogP contribution >= 0.6 is 0 Å². The van der Waals surface area contributed by atoms with Crippen molar-refractivity contribution in [2.75, 3.05) is 32.7 Å². The van der Waals surface area contributed by atoms with Gasteiger partial charge in [0.15, 0.2) is 0 Å². The SMILES string of the molecule is CCN1CCN(Cc2ccccc2[N+](=O)[O-])CC1. The van der Waals surface area contributed by atoms with E-state index in [1.54, 1.807) is 12.1 Å². The largest absolute Gasteiger partial charge is 0.301 e. The van der Waals surface area contributed by atoms with E-state index in [1.807, 2.05) is 12.1 Å². The molecule has 0 amide bonds. The van der Waals surface area contributed by atoms with Gasteiger partial charge < -0.3 is 4.90 Å². The number of para-hydroxylation sites is 1. The first-order valence-electron chi connectivity index (χ1n) is 6.37. The van der Waals surface area contributed by atoms with Crippen LogP contribution in [-0.4, -0.2) is 47.4 Å². The summed E-state index contributed by atoms with van der Waals surface area (Å²) in [6.45, 7) is 8.00. The monoisotopic (exact) mass is 249 g/mol. The van der Waals surface area contributed by atoms with Crippen LogP contribution in [0, 0.1) is 10.1 Å². The first-order chi connectivity index (χ1) is 8.70. The second kappa shape index (κ2) is 5.93. The standard InChI is InChI=1S/C13H19N3O2/c1-2-14-7-9-15(10-8-14)11-12-5-3-4-6-13(12)16(17)18/h3-6H,2,7-11H2,1H3. The molecule has 0 saturated carbocycles. The zero-order valence-corrected chi connectivity index (χ0v) is 10.7. The minimum absolute atomic E-state index is 0.232. The van der Waals surface area contributed by atoms with Crippen LogP contribution in [0.25, 0.3) is 0 Å². The molecular formula is C13H19N3O2. The average molecular weight is 249 g/mol. The summed E-state index contributed by atoms with van der Waals surface area (Å²) in [5.74, 6) is 0. The van der Waals surface area contributed by atoms with E-state index in [1.165, 1.54) is 0 Å². The topological polar surface area (TPSA) is 49.6 Å². The minimum Gasteiger partial charge on any atom is -0.301 e. The van der Waals surface area contributed by atoms with Crippen LogP contribution in [0.5, 0.6) is 0 Å². The van der Waals surface area contributed by atoms with E-state index in [9.17, 15) is 10.1 Å². The normalized spacial score (nSPS) is 17.8. The molecule has 1 saturated heterocycles. The molecule has 0 bridgehead atoms. The number of nitro groups is 1. The van der Waals surface area contributed by atoms with Gasteiger partial charge in [0.1, 0.15) is 0 Å². The van der Waals surface area contributed by atoms with Gasteiger partial charge in [-0.15, -0.1) is 0 Å². The summed E-state index contributed by atoms with van der Waals surface area (Å²) in [5.41, 5.74) is 1.04. The van der Waals surface area contributed by atoms with Crippen LogP contribution in [0.1, 0.15) is 12.5 Å². The molecular weight excluding hydrogens is 230 g/mol. The number of benzene rings is 1. The Morgan fingerprint density at radius 2 is 1.78 bits per heavy atom. The molecule has 2 rings (SSSR count). The Kier molecular flexibility index (Phi) is 4.28. The summed E-state index contributed by atoms with van der Waals surface area (Å²) in [6, 6.07) is 7.02. The smallest absolute Gasteiger partial charge is 0.273 e. The molecule has 1 aliphatic rings. The van der Waals surface area contributed by atoms with Crippen molar-refractivity contribution in [3.8, 4) is 0 Å². The summed E-state index contributed by atoms with van der Waals surface area (Å²) in [7, 11) is 0. The Morgan fingerprint density at radius 1 is 1.17 bits per heavy atom. The molecule has 0 N–H and O–H groups in total. The summed E-state index contributed by atoms with van der Waals surface area (Å²) in [4.78, 5) is 15.3. The predicted octanol–water partition coefficient (Wildman–Crippen LogP) is 1.73. The van der Waals surface area contributed by atoms with Gasteiger partial charge in [0.25, 0.3) is 5.69 Å². The first kappa shape index (κ1) is 13.0. The molecule has 0 atom stereocenters. The van der Waals surface area contributed by atoms with Crippen LogP contribution in [0.2, 0.25) is 0 Å². The molecule has 1 heterocycles. The molecule has 0 spiro atoms. The van der Waals surface area contributed by atoms with Gasteiger partial charge in [-0.25, -0.2) is 0 Å². The van der Waals surface area contributed by atoms with E-state index in [4.69, 9.17) is 0 Å². The van der Waals surface area contributed by atoms with Gasteiger partial charge >= 0.3 is 0 Å². The van der Waals surface area contributed by atoms with Gasteiger partial charge in [0.05, 0.1) is 4.92 Å². The molecule has 1 fully saturated rings. The Morgan fingerprint density at radius 3 is 2.39 bits per heavy atom. The number of nitro benzene ring substituents is 1. The lowest BCUT2D eigenvalue weighted by Gasteiger charge is -2.33. The minimum atomic E-state index is -0.294. The fraction of sp³-hybridized carbons (Fsp3) is 0.538. The second-order valence-corrected chi connectivity index (χ2v) is 4.60. The maximum atomic E-state index is 10.9. The zero-order valence-electron chi connectivity index (χ0n) is 10.7. The number of hydrogen-bond donors (Lipinski definition) is 0. The van der Waals surface area contributed by atoms with Crippen molar-refractivity contribution in [3.05, 3.63) is 39.9 Å². The van der Waals surface area contributed by atoms with Gasteiger partial charge in [-0.1, -0.05) is 25.1 Å². The van der Waals surface area contributed by atoms with Gasteiger partial charge in [-0.2, -0.15) is 0 Å². The predicted molar refractivity (Wildman–Crippen MR) is 70.5 cm³/mol. The van der Waals surface area contributed by atoms with E-state index in [-0.39, 0.29) is 10.6 Å². The average Bonchev–Trinajstić information content (AvgIpc) is 2.40. The number of rotatable bonds is 4. The quantitative estimate of drug-likeness (QED) is 0.602. The Labute approximate surface area is 107 Å².